The molecule has 0 saturated carbocycles. The molecular formula is C22H27N3O2. The molecule has 1 heterocycles. The van der Waals surface area contributed by atoms with E-state index in [9.17, 15) is 9.59 Å². The molecule has 1 aliphatic heterocycles. The van der Waals surface area contributed by atoms with Crippen LogP contribution in [0.15, 0.2) is 60.7 Å². The Labute approximate surface area is 161 Å². The first-order chi connectivity index (χ1) is 13.1. The monoisotopic (exact) mass is 365 g/mol. The summed E-state index contributed by atoms with van der Waals surface area (Å²) in [5, 5.41) is 2.91. The van der Waals surface area contributed by atoms with Gasteiger partial charge >= 0.3 is 0 Å². The largest absolute Gasteiger partial charge is 0.349 e. The van der Waals surface area contributed by atoms with Crippen LogP contribution < -0.4 is 5.32 Å². The van der Waals surface area contributed by atoms with Gasteiger partial charge in [0, 0.05) is 50.7 Å². The fraction of sp³-hybridized carbons (Fsp3) is 0.364. The Morgan fingerprint density at radius 2 is 1.52 bits per heavy atom. The number of hydrogen-bond donors (Lipinski definition) is 1. The van der Waals surface area contributed by atoms with E-state index in [1.165, 1.54) is 5.56 Å². The summed E-state index contributed by atoms with van der Waals surface area (Å²) < 4.78 is 0. The van der Waals surface area contributed by atoms with Crippen molar-refractivity contribution in [2.45, 2.75) is 25.9 Å². The summed E-state index contributed by atoms with van der Waals surface area (Å²) in [5.41, 5.74) is 1.92. The summed E-state index contributed by atoms with van der Waals surface area (Å²) >= 11 is 0. The van der Waals surface area contributed by atoms with Gasteiger partial charge in [0.15, 0.2) is 0 Å². The molecule has 2 aromatic rings. The van der Waals surface area contributed by atoms with Crippen molar-refractivity contribution in [2.75, 3.05) is 26.2 Å². The van der Waals surface area contributed by atoms with Gasteiger partial charge in [0.1, 0.15) is 0 Å². The lowest BCUT2D eigenvalue weighted by molar-refractivity contribution is -0.133. The summed E-state index contributed by atoms with van der Waals surface area (Å²) in [7, 11) is 0. The van der Waals surface area contributed by atoms with Crippen LogP contribution in [0.25, 0.3) is 0 Å². The van der Waals surface area contributed by atoms with Gasteiger partial charge in [0.2, 0.25) is 5.91 Å². The molecule has 1 aliphatic rings. The molecule has 1 saturated heterocycles. The molecule has 5 heteroatoms. The van der Waals surface area contributed by atoms with Crippen molar-refractivity contribution in [3.05, 3.63) is 71.8 Å². The number of nitrogens with one attached hydrogen (secondary N) is 1. The second-order valence-corrected chi connectivity index (χ2v) is 7.09. The van der Waals surface area contributed by atoms with Crippen LogP contribution in [0.4, 0.5) is 0 Å². The molecule has 0 bridgehead atoms. The van der Waals surface area contributed by atoms with Crippen molar-refractivity contribution in [2.24, 2.45) is 0 Å². The highest BCUT2D eigenvalue weighted by atomic mass is 16.2. The van der Waals surface area contributed by atoms with Crippen LogP contribution in [0.3, 0.4) is 0 Å². The van der Waals surface area contributed by atoms with E-state index in [0.717, 1.165) is 32.7 Å². The fourth-order valence-corrected chi connectivity index (χ4v) is 3.34. The predicted molar refractivity (Wildman–Crippen MR) is 106 cm³/mol. The molecule has 0 aliphatic carbocycles. The molecule has 2 amide bonds. The highest BCUT2D eigenvalue weighted by molar-refractivity contribution is 5.94. The lowest BCUT2D eigenvalue weighted by Gasteiger charge is -2.35. The van der Waals surface area contributed by atoms with E-state index >= 15 is 0 Å². The summed E-state index contributed by atoms with van der Waals surface area (Å²) in [4.78, 5) is 29.0. The van der Waals surface area contributed by atoms with Gasteiger partial charge in [0.25, 0.3) is 5.91 Å². The third-order valence-electron chi connectivity index (χ3n) is 4.87. The molecule has 3 rings (SSSR count). The quantitative estimate of drug-likeness (QED) is 0.856. The van der Waals surface area contributed by atoms with Crippen molar-refractivity contribution < 1.29 is 9.59 Å². The van der Waals surface area contributed by atoms with E-state index in [4.69, 9.17) is 0 Å². The van der Waals surface area contributed by atoms with Gasteiger partial charge in [0.05, 0.1) is 0 Å². The van der Waals surface area contributed by atoms with Gasteiger partial charge < -0.3 is 10.2 Å². The fourth-order valence-electron chi connectivity index (χ4n) is 3.34. The van der Waals surface area contributed by atoms with Crippen LogP contribution in [0.2, 0.25) is 0 Å². The Morgan fingerprint density at radius 3 is 2.15 bits per heavy atom. The van der Waals surface area contributed by atoms with Crippen LogP contribution >= 0.6 is 0 Å². The standard InChI is InChI=1S/C22H27N3O2/c1-18(23-22(27)20-10-6-3-7-11-20)16-21(26)25-14-12-24(13-15-25)17-19-8-4-2-5-9-19/h2-11,18H,12-17H2,1H3,(H,23,27). The second kappa shape index (κ2) is 9.33. The van der Waals surface area contributed by atoms with Crippen molar-refractivity contribution in [3.8, 4) is 0 Å². The Balaban J connectivity index is 1.42. The van der Waals surface area contributed by atoms with Crippen LogP contribution in [-0.2, 0) is 11.3 Å². The number of benzene rings is 2. The summed E-state index contributed by atoms with van der Waals surface area (Å²) in [6.45, 7) is 6.05. The number of amides is 2. The van der Waals surface area contributed by atoms with Crippen LogP contribution in [0.5, 0.6) is 0 Å². The lowest BCUT2D eigenvalue weighted by Crippen LogP contribution is -2.49. The van der Waals surface area contributed by atoms with Crippen LogP contribution in [0.1, 0.15) is 29.3 Å². The first kappa shape index (κ1) is 19.1. The summed E-state index contributed by atoms with van der Waals surface area (Å²) in [6, 6.07) is 19.3. The Morgan fingerprint density at radius 1 is 0.926 bits per heavy atom. The molecule has 27 heavy (non-hydrogen) atoms. The average molecular weight is 365 g/mol. The van der Waals surface area contributed by atoms with Crippen LogP contribution in [0, 0.1) is 0 Å². The molecule has 1 N–H and O–H groups in total. The van der Waals surface area contributed by atoms with Gasteiger partial charge in [-0.1, -0.05) is 48.5 Å². The molecule has 5 nitrogen and oxygen atoms in total. The van der Waals surface area contributed by atoms with Crippen molar-refractivity contribution >= 4 is 11.8 Å². The van der Waals surface area contributed by atoms with Gasteiger partial charge in [-0.3, -0.25) is 14.5 Å². The minimum atomic E-state index is -0.187. The van der Waals surface area contributed by atoms with E-state index in [1.807, 2.05) is 36.1 Å². The molecule has 0 aromatic heterocycles. The lowest BCUT2D eigenvalue weighted by atomic mass is 10.1. The van der Waals surface area contributed by atoms with E-state index in [0.29, 0.717) is 12.0 Å². The minimum Gasteiger partial charge on any atom is -0.349 e. The molecule has 0 spiro atoms. The number of nitrogens with zero attached hydrogens (tertiary/aromatic N) is 2. The van der Waals surface area contributed by atoms with Crippen molar-refractivity contribution in [1.29, 1.82) is 0 Å². The first-order valence-corrected chi connectivity index (χ1v) is 9.52. The molecular weight excluding hydrogens is 338 g/mol. The van der Waals surface area contributed by atoms with Gasteiger partial charge in [-0.2, -0.15) is 0 Å². The van der Waals surface area contributed by atoms with E-state index in [-0.39, 0.29) is 17.9 Å². The number of rotatable bonds is 6. The SMILES string of the molecule is CC(CC(=O)N1CCN(Cc2ccccc2)CC1)NC(=O)c1ccccc1. The van der Waals surface area contributed by atoms with E-state index in [1.54, 1.807) is 12.1 Å². The first-order valence-electron chi connectivity index (χ1n) is 9.52. The number of hydrogen-bond acceptors (Lipinski definition) is 3. The molecule has 1 fully saturated rings. The Kier molecular flexibility index (Phi) is 6.60. The maximum Gasteiger partial charge on any atom is 0.251 e. The smallest absolute Gasteiger partial charge is 0.251 e. The van der Waals surface area contributed by atoms with E-state index < -0.39 is 0 Å². The normalized spacial score (nSPS) is 16.0. The Hall–Kier alpha value is -2.66. The highest BCUT2D eigenvalue weighted by Gasteiger charge is 2.23. The second-order valence-electron chi connectivity index (χ2n) is 7.09. The van der Waals surface area contributed by atoms with Crippen molar-refractivity contribution in [1.82, 2.24) is 15.1 Å². The Bertz CT molecular complexity index is 741. The van der Waals surface area contributed by atoms with Gasteiger partial charge in [-0.25, -0.2) is 0 Å². The minimum absolute atomic E-state index is 0.107. The highest BCUT2D eigenvalue weighted by Crippen LogP contribution is 2.10. The number of piperazine rings is 1. The molecule has 1 unspecified atom stereocenters. The van der Waals surface area contributed by atoms with Crippen molar-refractivity contribution in [3.63, 3.8) is 0 Å². The zero-order chi connectivity index (χ0) is 19.1. The van der Waals surface area contributed by atoms with Crippen LogP contribution in [-0.4, -0.2) is 53.8 Å². The zero-order valence-corrected chi connectivity index (χ0v) is 15.8. The summed E-state index contributed by atoms with van der Waals surface area (Å²) in [6.07, 6.45) is 0.331. The third kappa shape index (κ3) is 5.66. The molecule has 142 valence electrons. The zero-order valence-electron chi connectivity index (χ0n) is 15.8. The van der Waals surface area contributed by atoms with Gasteiger partial charge in [-0.15, -0.1) is 0 Å². The maximum atomic E-state index is 12.5. The molecule has 1 atom stereocenters. The average Bonchev–Trinajstić information content (AvgIpc) is 2.70. The predicted octanol–water partition coefficient (Wildman–Crippen LogP) is 2.54. The molecule has 2 aromatic carbocycles. The maximum absolute atomic E-state index is 12.5. The number of carbonyl (C=O) groups excluding carboxylic acids is 2. The van der Waals surface area contributed by atoms with Gasteiger partial charge in [-0.05, 0) is 24.6 Å². The topological polar surface area (TPSA) is 52.7 Å². The summed E-state index contributed by atoms with van der Waals surface area (Å²) in [5.74, 6) is -0.0289. The van der Waals surface area contributed by atoms with E-state index in [2.05, 4.69) is 34.5 Å². The third-order valence-corrected chi connectivity index (χ3v) is 4.87. The number of carbonyl (C=O) groups is 2. The molecule has 0 radical (unpaired) electrons.